The van der Waals surface area contributed by atoms with Gasteiger partial charge in [0, 0.05) is 28.9 Å². The van der Waals surface area contributed by atoms with Crippen LogP contribution in [0.15, 0.2) is 36.4 Å². The summed E-state index contributed by atoms with van der Waals surface area (Å²) in [5.74, 6) is -1.87. The molecule has 2 aromatic rings. The molecule has 1 saturated heterocycles. The van der Waals surface area contributed by atoms with Crippen molar-refractivity contribution in [3.05, 3.63) is 58.9 Å². The molecule has 2 aromatic carbocycles. The maximum Gasteiger partial charge on any atom is 0.255 e. The van der Waals surface area contributed by atoms with Gasteiger partial charge in [0.15, 0.2) is 0 Å². The molecule has 2 amide bonds. The molecule has 1 aliphatic rings. The summed E-state index contributed by atoms with van der Waals surface area (Å²) >= 11 is 0. The maximum atomic E-state index is 13.9. The molecule has 9 heteroatoms. The zero-order valence-corrected chi connectivity index (χ0v) is 15.3. The number of carbonyl (C=O) groups excluding carboxylic acids is 2. The number of hydrogen-bond donors (Lipinski definition) is 2. The van der Waals surface area contributed by atoms with Crippen molar-refractivity contribution in [3.63, 3.8) is 0 Å². The lowest BCUT2D eigenvalue weighted by Crippen LogP contribution is -2.25. The molecule has 1 aliphatic heterocycles. The van der Waals surface area contributed by atoms with Crippen LogP contribution in [0.5, 0.6) is 0 Å². The maximum absolute atomic E-state index is 13.9. The Kier molecular flexibility index (Phi) is 4.88. The number of halogens is 1. The molecule has 1 fully saturated rings. The number of sulfonamides is 1. The lowest BCUT2D eigenvalue weighted by atomic mass is 10.1. The summed E-state index contributed by atoms with van der Waals surface area (Å²) in [5.41, 5.74) is 6.18. The lowest BCUT2D eigenvalue weighted by molar-refractivity contribution is 0.0995. The molecule has 0 unspecified atom stereocenters. The summed E-state index contributed by atoms with van der Waals surface area (Å²) in [6.45, 7) is 1.88. The predicted molar refractivity (Wildman–Crippen MR) is 99.8 cm³/mol. The van der Waals surface area contributed by atoms with Crippen molar-refractivity contribution >= 4 is 33.2 Å². The first-order valence-corrected chi connectivity index (χ1v) is 9.82. The van der Waals surface area contributed by atoms with Crippen molar-refractivity contribution in [1.82, 2.24) is 0 Å². The molecule has 0 radical (unpaired) electrons. The molecule has 3 N–H and O–H groups in total. The zero-order chi connectivity index (χ0) is 19.8. The number of nitrogens with one attached hydrogen (secondary N) is 1. The molecule has 0 bridgehead atoms. The topological polar surface area (TPSA) is 110 Å². The minimum atomic E-state index is -3.30. The van der Waals surface area contributed by atoms with E-state index >= 15 is 0 Å². The van der Waals surface area contributed by atoms with Gasteiger partial charge in [-0.05, 0) is 49.7 Å². The third kappa shape index (κ3) is 3.77. The van der Waals surface area contributed by atoms with Gasteiger partial charge < -0.3 is 11.1 Å². The minimum Gasteiger partial charge on any atom is -0.366 e. The molecular formula is C18H18FN3O4S. The summed E-state index contributed by atoms with van der Waals surface area (Å²) < 4.78 is 39.1. The van der Waals surface area contributed by atoms with Gasteiger partial charge in [-0.25, -0.2) is 12.8 Å². The van der Waals surface area contributed by atoms with Crippen LogP contribution in [-0.2, 0) is 10.0 Å². The van der Waals surface area contributed by atoms with Crippen LogP contribution < -0.4 is 15.4 Å². The second kappa shape index (κ2) is 6.99. The number of rotatable bonds is 4. The number of nitrogens with two attached hydrogens (primary N) is 1. The van der Waals surface area contributed by atoms with E-state index in [1.165, 1.54) is 29.4 Å². The Hall–Kier alpha value is -2.94. The summed E-state index contributed by atoms with van der Waals surface area (Å²) in [7, 11) is -3.30. The highest BCUT2D eigenvalue weighted by atomic mass is 32.2. The molecule has 0 spiro atoms. The van der Waals surface area contributed by atoms with Crippen LogP contribution in [0.4, 0.5) is 15.8 Å². The van der Waals surface area contributed by atoms with E-state index in [0.717, 1.165) is 6.07 Å². The highest BCUT2D eigenvalue weighted by Crippen LogP contribution is 2.25. The average molecular weight is 391 g/mol. The molecule has 7 nitrogen and oxygen atoms in total. The number of anilines is 2. The number of hydrogen-bond acceptors (Lipinski definition) is 4. The summed E-state index contributed by atoms with van der Waals surface area (Å²) in [4.78, 5) is 23.7. The quantitative estimate of drug-likeness (QED) is 0.831. The van der Waals surface area contributed by atoms with Gasteiger partial charge >= 0.3 is 0 Å². The predicted octanol–water partition coefficient (Wildman–Crippen LogP) is 2.03. The number of carbonyl (C=O) groups is 2. The van der Waals surface area contributed by atoms with Gasteiger partial charge in [0.25, 0.3) is 5.91 Å². The Balaban J connectivity index is 1.82. The molecule has 0 atom stereocenters. The SMILES string of the molecule is Cc1c(F)cc(C(N)=O)cc1NC(=O)c1ccc(N2CCCS2(=O)=O)cc1. The second-order valence-corrected chi connectivity index (χ2v) is 8.25. The molecule has 142 valence electrons. The van der Waals surface area contributed by atoms with E-state index in [1.54, 1.807) is 12.1 Å². The van der Waals surface area contributed by atoms with Crippen LogP contribution >= 0.6 is 0 Å². The standard InChI is InChI=1S/C18H18FN3O4S/c1-11-15(19)9-13(17(20)23)10-16(11)21-18(24)12-3-5-14(6-4-12)22-7-2-8-27(22,25)26/h3-6,9-10H,2,7-8H2,1H3,(H2,20,23)(H,21,24). The Morgan fingerprint density at radius 1 is 1.15 bits per heavy atom. The molecule has 0 aromatic heterocycles. The highest BCUT2D eigenvalue weighted by Gasteiger charge is 2.28. The van der Waals surface area contributed by atoms with Gasteiger partial charge in [0.1, 0.15) is 5.82 Å². The Labute approximate surface area is 156 Å². The normalized spacial score (nSPS) is 15.6. The summed E-state index contributed by atoms with van der Waals surface area (Å²) in [5, 5.41) is 2.55. The molecule has 1 heterocycles. The number of nitrogens with zero attached hydrogens (tertiary/aromatic N) is 1. The van der Waals surface area contributed by atoms with Gasteiger partial charge in [-0.1, -0.05) is 0 Å². The van der Waals surface area contributed by atoms with Gasteiger partial charge in [0.05, 0.1) is 11.4 Å². The molecule has 27 heavy (non-hydrogen) atoms. The first kappa shape index (κ1) is 18.8. The van der Waals surface area contributed by atoms with Crippen LogP contribution in [-0.4, -0.2) is 32.5 Å². The molecule has 0 aliphatic carbocycles. The zero-order valence-electron chi connectivity index (χ0n) is 14.5. The van der Waals surface area contributed by atoms with E-state index in [-0.39, 0.29) is 28.1 Å². The fourth-order valence-electron chi connectivity index (χ4n) is 2.85. The fourth-order valence-corrected chi connectivity index (χ4v) is 4.42. The van der Waals surface area contributed by atoms with Crippen LogP contribution in [0.1, 0.15) is 32.7 Å². The molecule has 0 saturated carbocycles. The van der Waals surface area contributed by atoms with E-state index in [1.807, 2.05) is 0 Å². The smallest absolute Gasteiger partial charge is 0.255 e. The van der Waals surface area contributed by atoms with E-state index in [2.05, 4.69) is 5.32 Å². The Bertz CT molecular complexity index is 1020. The van der Waals surface area contributed by atoms with Crippen molar-refractivity contribution in [2.24, 2.45) is 5.73 Å². The van der Waals surface area contributed by atoms with Gasteiger partial charge in [-0.2, -0.15) is 0 Å². The largest absolute Gasteiger partial charge is 0.366 e. The van der Waals surface area contributed by atoms with Crippen molar-refractivity contribution in [2.45, 2.75) is 13.3 Å². The van der Waals surface area contributed by atoms with Crippen molar-refractivity contribution in [1.29, 1.82) is 0 Å². The second-order valence-electron chi connectivity index (χ2n) is 6.24. The van der Waals surface area contributed by atoms with Gasteiger partial charge in [-0.3, -0.25) is 13.9 Å². The Morgan fingerprint density at radius 3 is 2.37 bits per heavy atom. The van der Waals surface area contributed by atoms with Crippen LogP contribution in [0, 0.1) is 12.7 Å². The summed E-state index contributed by atoms with van der Waals surface area (Å²) in [6, 6.07) is 8.39. The fraction of sp³-hybridized carbons (Fsp3) is 0.222. The minimum absolute atomic E-state index is 0.0528. The molecule has 3 rings (SSSR count). The average Bonchev–Trinajstić information content (AvgIpc) is 2.97. The summed E-state index contributed by atoms with van der Waals surface area (Å²) in [6.07, 6.45) is 0.561. The first-order chi connectivity index (χ1) is 12.7. The third-order valence-electron chi connectivity index (χ3n) is 4.39. The van der Waals surface area contributed by atoms with E-state index in [4.69, 9.17) is 5.73 Å². The monoisotopic (exact) mass is 391 g/mol. The molecular weight excluding hydrogens is 373 g/mol. The third-order valence-corrected chi connectivity index (χ3v) is 6.26. The van der Waals surface area contributed by atoms with E-state index in [0.29, 0.717) is 18.7 Å². The van der Waals surface area contributed by atoms with Gasteiger partial charge in [0.2, 0.25) is 15.9 Å². The van der Waals surface area contributed by atoms with Crippen molar-refractivity contribution in [3.8, 4) is 0 Å². The lowest BCUT2D eigenvalue weighted by Gasteiger charge is -2.17. The first-order valence-electron chi connectivity index (χ1n) is 8.21. The van der Waals surface area contributed by atoms with Crippen molar-refractivity contribution < 1.29 is 22.4 Å². The number of amides is 2. The van der Waals surface area contributed by atoms with Crippen LogP contribution in [0.2, 0.25) is 0 Å². The van der Waals surface area contributed by atoms with Crippen molar-refractivity contribution in [2.75, 3.05) is 21.9 Å². The van der Waals surface area contributed by atoms with E-state index in [9.17, 15) is 22.4 Å². The number of primary amides is 1. The van der Waals surface area contributed by atoms with Crippen LogP contribution in [0.25, 0.3) is 0 Å². The van der Waals surface area contributed by atoms with Gasteiger partial charge in [-0.15, -0.1) is 0 Å². The van der Waals surface area contributed by atoms with E-state index < -0.39 is 27.7 Å². The highest BCUT2D eigenvalue weighted by molar-refractivity contribution is 7.93. The number of benzene rings is 2. The Morgan fingerprint density at radius 2 is 1.81 bits per heavy atom. The van der Waals surface area contributed by atoms with Crippen LogP contribution in [0.3, 0.4) is 0 Å².